The van der Waals surface area contributed by atoms with Gasteiger partial charge in [-0.15, -0.1) is 0 Å². The lowest BCUT2D eigenvalue weighted by Gasteiger charge is -2.25. The molecule has 1 rings (SSSR count). The Balaban J connectivity index is 3.19. The Morgan fingerprint density at radius 1 is 1.47 bits per heavy atom. The van der Waals surface area contributed by atoms with Gasteiger partial charge in [-0.3, -0.25) is 14.9 Å². The molecule has 0 spiro atoms. The van der Waals surface area contributed by atoms with E-state index in [1.54, 1.807) is 0 Å². The van der Waals surface area contributed by atoms with Crippen molar-refractivity contribution in [1.29, 1.82) is 0 Å². The molecule has 19 heavy (non-hydrogen) atoms. The summed E-state index contributed by atoms with van der Waals surface area (Å²) in [5.74, 6) is -0.368. The SMILES string of the molecule is CNC(=O)c1ccc(NC(C)(C)CN)c([N+](=O)[O-])c1. The third-order valence-corrected chi connectivity index (χ3v) is 2.67. The summed E-state index contributed by atoms with van der Waals surface area (Å²) in [4.78, 5) is 22.0. The number of nitrogens with one attached hydrogen (secondary N) is 2. The molecule has 7 nitrogen and oxygen atoms in total. The predicted molar refractivity (Wildman–Crippen MR) is 73.2 cm³/mol. The van der Waals surface area contributed by atoms with E-state index in [0.29, 0.717) is 12.2 Å². The first-order valence-corrected chi connectivity index (χ1v) is 5.79. The zero-order valence-corrected chi connectivity index (χ0v) is 11.2. The van der Waals surface area contributed by atoms with E-state index in [2.05, 4.69) is 10.6 Å². The van der Waals surface area contributed by atoms with Crippen LogP contribution in [0.3, 0.4) is 0 Å². The van der Waals surface area contributed by atoms with Crippen molar-refractivity contribution in [1.82, 2.24) is 5.32 Å². The van der Waals surface area contributed by atoms with Gasteiger partial charge in [0.2, 0.25) is 0 Å². The highest BCUT2D eigenvalue weighted by atomic mass is 16.6. The molecule has 0 atom stereocenters. The van der Waals surface area contributed by atoms with Crippen molar-refractivity contribution >= 4 is 17.3 Å². The standard InChI is InChI=1S/C12H18N4O3/c1-12(2,7-13)15-9-5-4-8(11(17)14-3)6-10(9)16(18)19/h4-6,15H,7,13H2,1-3H3,(H,14,17). The molecule has 0 unspecified atom stereocenters. The Bertz CT molecular complexity index is 500. The highest BCUT2D eigenvalue weighted by Gasteiger charge is 2.22. The van der Waals surface area contributed by atoms with Crippen molar-refractivity contribution in [3.05, 3.63) is 33.9 Å². The average molecular weight is 266 g/mol. The number of hydrogen-bond donors (Lipinski definition) is 3. The van der Waals surface area contributed by atoms with Gasteiger partial charge in [0.05, 0.1) is 4.92 Å². The maximum atomic E-state index is 11.5. The van der Waals surface area contributed by atoms with Crippen LogP contribution in [0.1, 0.15) is 24.2 Å². The highest BCUT2D eigenvalue weighted by molar-refractivity contribution is 5.95. The molecule has 104 valence electrons. The minimum Gasteiger partial charge on any atom is -0.373 e. The zero-order valence-electron chi connectivity index (χ0n) is 11.2. The molecule has 0 aliphatic carbocycles. The van der Waals surface area contributed by atoms with Crippen molar-refractivity contribution in [2.75, 3.05) is 18.9 Å². The molecule has 0 saturated heterocycles. The van der Waals surface area contributed by atoms with Gasteiger partial charge in [-0.2, -0.15) is 0 Å². The largest absolute Gasteiger partial charge is 0.373 e. The Labute approximate surface area is 111 Å². The maximum Gasteiger partial charge on any atom is 0.293 e. The number of hydrogen-bond acceptors (Lipinski definition) is 5. The van der Waals surface area contributed by atoms with Gasteiger partial charge in [-0.25, -0.2) is 0 Å². The van der Waals surface area contributed by atoms with Crippen molar-refractivity contribution in [2.45, 2.75) is 19.4 Å². The fraction of sp³-hybridized carbons (Fsp3) is 0.417. The molecule has 0 saturated carbocycles. The van der Waals surface area contributed by atoms with Crippen LogP contribution in [0.25, 0.3) is 0 Å². The first-order valence-electron chi connectivity index (χ1n) is 5.79. The number of carbonyl (C=O) groups excluding carboxylic acids is 1. The maximum absolute atomic E-state index is 11.5. The first-order chi connectivity index (χ1) is 8.80. The van der Waals surface area contributed by atoms with E-state index in [1.165, 1.54) is 25.2 Å². The van der Waals surface area contributed by atoms with Crippen LogP contribution in [-0.4, -0.2) is 30.0 Å². The molecule has 1 aromatic rings. The predicted octanol–water partition coefficient (Wildman–Crippen LogP) is 1.10. The number of anilines is 1. The molecule has 1 aromatic carbocycles. The lowest BCUT2D eigenvalue weighted by atomic mass is 10.0. The second kappa shape index (κ2) is 5.66. The van der Waals surface area contributed by atoms with E-state index >= 15 is 0 Å². The van der Waals surface area contributed by atoms with Crippen molar-refractivity contribution < 1.29 is 9.72 Å². The Morgan fingerprint density at radius 3 is 2.58 bits per heavy atom. The summed E-state index contributed by atoms with van der Waals surface area (Å²) in [7, 11) is 1.47. The molecule has 0 radical (unpaired) electrons. The summed E-state index contributed by atoms with van der Waals surface area (Å²) in [5.41, 5.74) is 5.54. The minimum atomic E-state index is -0.526. The molecule has 0 aliphatic rings. The second-order valence-corrected chi connectivity index (χ2v) is 4.78. The lowest BCUT2D eigenvalue weighted by Crippen LogP contribution is -2.39. The van der Waals surface area contributed by atoms with Crippen LogP contribution < -0.4 is 16.4 Å². The van der Waals surface area contributed by atoms with Gasteiger partial charge in [0.15, 0.2) is 0 Å². The van der Waals surface area contributed by atoms with Crippen LogP contribution in [0.15, 0.2) is 18.2 Å². The summed E-state index contributed by atoms with van der Waals surface area (Å²) in [6, 6.07) is 4.29. The number of rotatable bonds is 5. The van der Waals surface area contributed by atoms with Gasteiger partial charge in [0.1, 0.15) is 5.69 Å². The monoisotopic (exact) mass is 266 g/mol. The average Bonchev–Trinajstić information content (AvgIpc) is 2.37. The number of carbonyl (C=O) groups is 1. The molecule has 1 amide bonds. The summed E-state index contributed by atoms with van der Waals surface area (Å²) in [6.07, 6.45) is 0. The molecule has 7 heteroatoms. The topological polar surface area (TPSA) is 110 Å². The summed E-state index contributed by atoms with van der Waals surface area (Å²) in [5, 5.41) is 16.5. The molecule has 0 aromatic heterocycles. The molecule has 4 N–H and O–H groups in total. The van der Waals surface area contributed by atoms with E-state index in [9.17, 15) is 14.9 Å². The van der Waals surface area contributed by atoms with Gasteiger partial charge in [-0.05, 0) is 26.0 Å². The fourth-order valence-corrected chi connectivity index (χ4v) is 1.49. The van der Waals surface area contributed by atoms with Gasteiger partial charge >= 0.3 is 0 Å². The highest BCUT2D eigenvalue weighted by Crippen LogP contribution is 2.28. The summed E-state index contributed by atoms with van der Waals surface area (Å²) in [6.45, 7) is 3.99. The third kappa shape index (κ3) is 3.65. The minimum absolute atomic E-state index is 0.150. The zero-order chi connectivity index (χ0) is 14.6. The quantitative estimate of drug-likeness (QED) is 0.546. The number of nitrogens with two attached hydrogens (primary N) is 1. The van der Waals surface area contributed by atoms with Crippen LogP contribution >= 0.6 is 0 Å². The number of benzene rings is 1. The Kier molecular flexibility index (Phi) is 4.44. The van der Waals surface area contributed by atoms with Crippen LogP contribution in [0.5, 0.6) is 0 Å². The van der Waals surface area contributed by atoms with Crippen molar-refractivity contribution in [3.63, 3.8) is 0 Å². The number of nitro groups is 1. The van der Waals surface area contributed by atoms with Crippen LogP contribution in [0.2, 0.25) is 0 Å². The summed E-state index contributed by atoms with van der Waals surface area (Å²) < 4.78 is 0. The van der Waals surface area contributed by atoms with Crippen LogP contribution in [-0.2, 0) is 0 Å². The Morgan fingerprint density at radius 2 is 2.11 bits per heavy atom. The fourth-order valence-electron chi connectivity index (χ4n) is 1.49. The second-order valence-electron chi connectivity index (χ2n) is 4.78. The molecular formula is C12H18N4O3. The summed E-state index contributed by atoms with van der Waals surface area (Å²) >= 11 is 0. The van der Waals surface area contributed by atoms with Gasteiger partial charge in [0.25, 0.3) is 11.6 Å². The van der Waals surface area contributed by atoms with E-state index in [1.807, 2.05) is 13.8 Å². The smallest absolute Gasteiger partial charge is 0.293 e. The molecule has 0 aliphatic heterocycles. The van der Waals surface area contributed by atoms with Gasteiger partial charge in [-0.1, -0.05) is 0 Å². The molecule has 0 bridgehead atoms. The normalized spacial score (nSPS) is 10.9. The van der Waals surface area contributed by atoms with Crippen LogP contribution in [0.4, 0.5) is 11.4 Å². The van der Waals surface area contributed by atoms with Crippen molar-refractivity contribution in [3.8, 4) is 0 Å². The third-order valence-electron chi connectivity index (χ3n) is 2.67. The van der Waals surface area contributed by atoms with E-state index in [4.69, 9.17) is 5.73 Å². The number of amides is 1. The number of nitrogens with zero attached hydrogens (tertiary/aromatic N) is 1. The van der Waals surface area contributed by atoms with E-state index in [-0.39, 0.29) is 17.2 Å². The van der Waals surface area contributed by atoms with Gasteiger partial charge in [0, 0.05) is 30.8 Å². The lowest BCUT2D eigenvalue weighted by molar-refractivity contribution is -0.384. The van der Waals surface area contributed by atoms with E-state index < -0.39 is 10.5 Å². The number of nitro benzene ring substituents is 1. The molecular weight excluding hydrogens is 248 g/mol. The first kappa shape index (κ1) is 14.9. The Hall–Kier alpha value is -2.15. The van der Waals surface area contributed by atoms with Gasteiger partial charge < -0.3 is 16.4 Å². The van der Waals surface area contributed by atoms with E-state index in [0.717, 1.165) is 0 Å². The van der Waals surface area contributed by atoms with Crippen molar-refractivity contribution in [2.24, 2.45) is 5.73 Å². The molecule has 0 heterocycles. The molecule has 0 fully saturated rings. The van der Waals surface area contributed by atoms with Crippen LogP contribution in [0, 0.1) is 10.1 Å².